The lowest BCUT2D eigenvalue weighted by atomic mass is 9.95. The average molecular weight is 544 g/mol. The number of pyridine rings is 2. The van der Waals surface area contributed by atoms with Gasteiger partial charge in [-0.25, -0.2) is 19.9 Å². The first-order chi connectivity index (χ1) is 20.3. The van der Waals surface area contributed by atoms with Gasteiger partial charge in [0.15, 0.2) is 5.82 Å². The van der Waals surface area contributed by atoms with E-state index in [0.29, 0.717) is 5.82 Å². The summed E-state index contributed by atoms with van der Waals surface area (Å²) in [5.74, 6) is 0.660. The first-order valence-electron chi connectivity index (χ1n) is 13.3. The largest absolute Gasteiger partial charge is 0.265 e. The molecule has 0 aliphatic heterocycles. The number of fused-ring (bicyclic) bond motifs is 4. The summed E-state index contributed by atoms with van der Waals surface area (Å²) in [4.78, 5) is 24.7. The van der Waals surface area contributed by atoms with Crippen molar-refractivity contribution in [2.24, 2.45) is 0 Å². The summed E-state index contributed by atoms with van der Waals surface area (Å²) in [5, 5.41) is 5.70. The van der Waals surface area contributed by atoms with Gasteiger partial charge in [-0.15, -0.1) is 0 Å². The molecule has 4 aromatic heterocycles. The summed E-state index contributed by atoms with van der Waals surface area (Å²) >= 11 is 1.59. The van der Waals surface area contributed by atoms with Crippen molar-refractivity contribution in [3.8, 4) is 44.5 Å². The molecule has 0 atom stereocenters. The first kappa shape index (κ1) is 23.5. The van der Waals surface area contributed by atoms with Gasteiger partial charge in [0.1, 0.15) is 15.4 Å². The highest BCUT2D eigenvalue weighted by molar-refractivity contribution is 7.21. The van der Waals surface area contributed by atoms with Crippen LogP contribution in [-0.4, -0.2) is 24.9 Å². The fourth-order valence-corrected chi connectivity index (χ4v) is 6.24. The Balaban J connectivity index is 1.35. The van der Waals surface area contributed by atoms with Crippen LogP contribution in [0, 0.1) is 0 Å². The molecule has 4 heterocycles. The molecule has 0 saturated heterocycles. The maximum Gasteiger partial charge on any atom is 0.160 e. The van der Waals surface area contributed by atoms with E-state index < -0.39 is 0 Å². The predicted octanol–water partition coefficient (Wildman–Crippen LogP) is 8.85. The van der Waals surface area contributed by atoms with E-state index in [1.54, 1.807) is 29.9 Å². The smallest absolute Gasteiger partial charge is 0.160 e. The second-order valence-electron chi connectivity index (χ2n) is 9.82. The third kappa shape index (κ3) is 4.22. The van der Waals surface area contributed by atoms with Crippen LogP contribution >= 0.6 is 11.3 Å². The quantitative estimate of drug-likeness (QED) is 0.208. The molecule has 0 fully saturated rings. The number of benzene rings is 4. The fraction of sp³-hybridized carbons (Fsp3) is 0. The number of hydrogen-bond donors (Lipinski definition) is 0. The molecule has 8 aromatic rings. The van der Waals surface area contributed by atoms with Crippen LogP contribution in [0.25, 0.3) is 76.4 Å². The molecule has 0 bridgehead atoms. The molecule has 0 radical (unpaired) electrons. The summed E-state index contributed by atoms with van der Waals surface area (Å²) in [7, 11) is 0. The van der Waals surface area contributed by atoms with Crippen molar-refractivity contribution in [3.63, 3.8) is 0 Å². The maximum absolute atomic E-state index is 5.18. The van der Waals surface area contributed by atoms with E-state index in [-0.39, 0.29) is 0 Å². The van der Waals surface area contributed by atoms with E-state index in [1.807, 2.05) is 30.3 Å². The second kappa shape index (κ2) is 9.70. The minimum Gasteiger partial charge on any atom is -0.265 e. The molecule has 0 unspecified atom stereocenters. The van der Waals surface area contributed by atoms with Crippen molar-refractivity contribution in [1.82, 2.24) is 24.9 Å². The highest BCUT2D eigenvalue weighted by Gasteiger charge is 2.15. The number of thiazole rings is 1. The summed E-state index contributed by atoms with van der Waals surface area (Å²) in [6.07, 6.45) is 5.39. The van der Waals surface area contributed by atoms with Crippen LogP contribution < -0.4 is 0 Å². The van der Waals surface area contributed by atoms with Gasteiger partial charge in [0.25, 0.3) is 0 Å². The van der Waals surface area contributed by atoms with Crippen molar-refractivity contribution in [3.05, 3.63) is 128 Å². The molecule has 0 amide bonds. The molecule has 0 saturated carbocycles. The third-order valence-corrected chi connectivity index (χ3v) is 8.31. The summed E-state index contributed by atoms with van der Waals surface area (Å²) in [6.45, 7) is 0. The monoisotopic (exact) mass is 543 g/mol. The summed E-state index contributed by atoms with van der Waals surface area (Å²) in [6, 6.07) is 37.5. The lowest BCUT2D eigenvalue weighted by Crippen LogP contribution is -1.97. The van der Waals surface area contributed by atoms with E-state index in [4.69, 9.17) is 15.0 Å². The van der Waals surface area contributed by atoms with Crippen LogP contribution in [0.3, 0.4) is 0 Å². The maximum atomic E-state index is 5.18. The Morgan fingerprint density at radius 1 is 0.512 bits per heavy atom. The Kier molecular flexibility index (Phi) is 5.57. The van der Waals surface area contributed by atoms with Crippen molar-refractivity contribution >= 4 is 43.2 Å². The van der Waals surface area contributed by atoms with E-state index in [9.17, 15) is 0 Å². The van der Waals surface area contributed by atoms with Gasteiger partial charge in [0.2, 0.25) is 0 Å². The Morgan fingerprint density at radius 3 is 2.17 bits per heavy atom. The standard InChI is InChI=1S/C35H21N5S/c1-2-10-26-23(7-1)20-29(28-12-4-3-11-27(26)28)32-21-31(22-14-17-36-18-15-22)38-33(39-32)24-8-5-9-25(19-24)34-40-30-13-6-16-37-35(30)41-34/h1-21H. The molecule has 5 nitrogen and oxygen atoms in total. The lowest BCUT2D eigenvalue weighted by molar-refractivity contribution is 1.18. The van der Waals surface area contributed by atoms with Crippen molar-refractivity contribution in [2.75, 3.05) is 0 Å². The molecule has 0 aliphatic rings. The molecule has 41 heavy (non-hydrogen) atoms. The third-order valence-electron chi connectivity index (χ3n) is 7.28. The number of hydrogen-bond acceptors (Lipinski definition) is 6. The number of rotatable bonds is 4. The van der Waals surface area contributed by atoms with Crippen molar-refractivity contribution in [1.29, 1.82) is 0 Å². The predicted molar refractivity (Wildman–Crippen MR) is 168 cm³/mol. The minimum atomic E-state index is 0.660. The molecular weight excluding hydrogens is 522 g/mol. The van der Waals surface area contributed by atoms with Gasteiger partial charge >= 0.3 is 0 Å². The summed E-state index contributed by atoms with van der Waals surface area (Å²) < 4.78 is 0. The topological polar surface area (TPSA) is 64.5 Å². The molecule has 0 aliphatic carbocycles. The van der Waals surface area contributed by atoms with Crippen molar-refractivity contribution in [2.45, 2.75) is 0 Å². The summed E-state index contributed by atoms with van der Waals surface area (Å²) in [5.41, 5.74) is 6.63. The van der Waals surface area contributed by atoms with Crippen LogP contribution in [0.15, 0.2) is 128 Å². The highest BCUT2D eigenvalue weighted by atomic mass is 32.1. The second-order valence-corrected chi connectivity index (χ2v) is 10.8. The van der Waals surface area contributed by atoms with Gasteiger partial charge in [0, 0.05) is 40.8 Å². The number of aromatic nitrogens is 5. The molecule has 0 N–H and O–H groups in total. The van der Waals surface area contributed by atoms with Gasteiger partial charge in [0.05, 0.1) is 11.4 Å². The molecule has 0 spiro atoms. The Hall–Kier alpha value is -5.33. The van der Waals surface area contributed by atoms with Crippen LogP contribution in [-0.2, 0) is 0 Å². The minimum absolute atomic E-state index is 0.660. The Bertz CT molecular complexity index is 2190. The van der Waals surface area contributed by atoms with Crippen LogP contribution in [0.4, 0.5) is 0 Å². The van der Waals surface area contributed by atoms with Gasteiger partial charge < -0.3 is 0 Å². The van der Waals surface area contributed by atoms with E-state index in [0.717, 1.165) is 54.4 Å². The van der Waals surface area contributed by atoms with Crippen molar-refractivity contribution < 1.29 is 0 Å². The molecule has 8 rings (SSSR count). The Morgan fingerprint density at radius 2 is 1.29 bits per heavy atom. The van der Waals surface area contributed by atoms with Gasteiger partial charge in [-0.2, -0.15) is 0 Å². The molecule has 192 valence electrons. The highest BCUT2D eigenvalue weighted by Crippen LogP contribution is 2.37. The average Bonchev–Trinajstić information content (AvgIpc) is 3.49. The zero-order valence-corrected chi connectivity index (χ0v) is 22.6. The molecular formula is C35H21N5S. The number of nitrogens with zero attached hydrogens (tertiary/aromatic N) is 5. The zero-order chi connectivity index (χ0) is 27.2. The molecule has 6 heteroatoms. The van der Waals surface area contributed by atoms with Crippen LogP contribution in [0.5, 0.6) is 0 Å². The Labute approximate surface area is 239 Å². The van der Waals surface area contributed by atoms with Crippen LogP contribution in [0.1, 0.15) is 0 Å². The lowest BCUT2D eigenvalue weighted by Gasteiger charge is -2.13. The van der Waals surface area contributed by atoms with Gasteiger partial charge in [-0.05, 0) is 64.0 Å². The van der Waals surface area contributed by atoms with Crippen LogP contribution in [0.2, 0.25) is 0 Å². The SMILES string of the molecule is c1cc(-c2nc(-c3ccncc3)cc(-c3cc4ccccc4c4ccccc34)n2)cc(-c2nc3cccnc3s2)c1. The normalized spacial score (nSPS) is 11.4. The fourth-order valence-electron chi connectivity index (χ4n) is 5.34. The zero-order valence-electron chi connectivity index (χ0n) is 21.8. The van der Waals surface area contributed by atoms with E-state index in [2.05, 4.69) is 88.8 Å². The molecule has 4 aromatic carbocycles. The van der Waals surface area contributed by atoms with Gasteiger partial charge in [-0.3, -0.25) is 4.98 Å². The first-order valence-corrected chi connectivity index (χ1v) is 14.1. The van der Waals surface area contributed by atoms with E-state index >= 15 is 0 Å². The van der Waals surface area contributed by atoms with Gasteiger partial charge in [-0.1, -0.05) is 78.1 Å². The van der Waals surface area contributed by atoms with E-state index in [1.165, 1.54) is 16.2 Å².